The number of aryl methyl sites for hydroxylation is 1. The summed E-state index contributed by atoms with van der Waals surface area (Å²) in [7, 11) is 0. The molecule has 1 unspecified atom stereocenters. The lowest BCUT2D eigenvalue weighted by atomic mass is 10.2. The Bertz CT molecular complexity index is 913. The molecule has 1 amide bonds. The third kappa shape index (κ3) is 5.62. The highest BCUT2D eigenvalue weighted by Gasteiger charge is 2.35. The number of alkyl halides is 5. The van der Waals surface area contributed by atoms with Crippen LogP contribution in [0.2, 0.25) is 0 Å². The standard InChI is InChI=1S/C16H15F5N4O4/c1-8-3-13(16(19,20)21)23-24(8)9(2)15(26)22-10-4-11(25(27)28)6-12(5-10)29-7-14(17)18/h3-6,9,14H,7H2,1-2H3,(H,22,26). The first kappa shape index (κ1) is 22.0. The molecule has 1 aromatic heterocycles. The molecule has 2 rings (SSSR count). The van der Waals surface area contributed by atoms with Gasteiger partial charge in [-0.05, 0) is 19.9 Å². The Labute approximate surface area is 160 Å². The first-order valence-corrected chi connectivity index (χ1v) is 8.03. The maximum absolute atomic E-state index is 12.8. The molecular weight excluding hydrogens is 407 g/mol. The molecule has 0 saturated heterocycles. The number of nitrogens with one attached hydrogen (secondary N) is 1. The number of ether oxygens (including phenoxy) is 1. The lowest BCUT2D eigenvalue weighted by molar-refractivity contribution is -0.384. The molecule has 13 heteroatoms. The van der Waals surface area contributed by atoms with Crippen molar-refractivity contribution in [3.8, 4) is 5.75 Å². The normalized spacial score (nSPS) is 12.7. The Kier molecular flexibility index (Phi) is 6.39. The molecule has 8 nitrogen and oxygen atoms in total. The monoisotopic (exact) mass is 422 g/mol. The van der Waals surface area contributed by atoms with Crippen LogP contribution in [0, 0.1) is 17.0 Å². The fourth-order valence-electron chi connectivity index (χ4n) is 2.38. The van der Waals surface area contributed by atoms with E-state index in [9.17, 15) is 36.9 Å². The summed E-state index contributed by atoms with van der Waals surface area (Å²) in [5.74, 6) is -1.11. The van der Waals surface area contributed by atoms with Crippen LogP contribution in [0.25, 0.3) is 0 Å². The minimum atomic E-state index is -4.69. The van der Waals surface area contributed by atoms with Gasteiger partial charge in [-0.15, -0.1) is 0 Å². The number of nitrogens with zero attached hydrogens (tertiary/aromatic N) is 3. The summed E-state index contributed by atoms with van der Waals surface area (Å²) in [5, 5.41) is 16.7. The van der Waals surface area contributed by atoms with E-state index in [1.165, 1.54) is 13.8 Å². The van der Waals surface area contributed by atoms with Crippen molar-refractivity contribution in [3.63, 3.8) is 0 Å². The van der Waals surface area contributed by atoms with Crippen LogP contribution in [0.3, 0.4) is 0 Å². The molecule has 158 valence electrons. The van der Waals surface area contributed by atoms with Crippen molar-refractivity contribution >= 4 is 17.3 Å². The van der Waals surface area contributed by atoms with Crippen LogP contribution in [0.1, 0.15) is 24.4 Å². The van der Waals surface area contributed by atoms with Gasteiger partial charge in [0.2, 0.25) is 5.91 Å². The first-order valence-electron chi connectivity index (χ1n) is 8.03. The number of halogens is 5. The highest BCUT2D eigenvalue weighted by molar-refractivity contribution is 5.94. The number of amides is 1. The summed E-state index contributed by atoms with van der Waals surface area (Å²) in [6, 6.07) is 2.51. The number of non-ortho nitro benzene ring substituents is 1. The molecule has 0 aliphatic heterocycles. The molecule has 0 fully saturated rings. The van der Waals surface area contributed by atoms with Gasteiger partial charge in [0.25, 0.3) is 12.1 Å². The van der Waals surface area contributed by atoms with Crippen molar-refractivity contribution in [2.24, 2.45) is 0 Å². The number of hydrogen-bond acceptors (Lipinski definition) is 5. The van der Waals surface area contributed by atoms with Gasteiger partial charge in [0.05, 0.1) is 16.7 Å². The molecule has 1 aromatic carbocycles. The fraction of sp³-hybridized carbons (Fsp3) is 0.375. The van der Waals surface area contributed by atoms with Crippen molar-refractivity contribution in [3.05, 3.63) is 45.8 Å². The Hall–Kier alpha value is -3.25. The minimum Gasteiger partial charge on any atom is -0.487 e. The van der Waals surface area contributed by atoms with Gasteiger partial charge in [0, 0.05) is 17.8 Å². The maximum atomic E-state index is 12.8. The van der Waals surface area contributed by atoms with Gasteiger partial charge < -0.3 is 10.1 Å². The quantitative estimate of drug-likeness (QED) is 0.414. The Morgan fingerprint density at radius 1 is 1.31 bits per heavy atom. The second kappa shape index (κ2) is 8.41. The minimum absolute atomic E-state index is 0.0694. The number of carbonyl (C=O) groups excluding carboxylic acids is 1. The summed E-state index contributed by atoms with van der Waals surface area (Å²) >= 11 is 0. The molecule has 1 atom stereocenters. The average molecular weight is 422 g/mol. The van der Waals surface area contributed by atoms with Crippen LogP contribution >= 0.6 is 0 Å². The molecule has 1 N–H and O–H groups in total. The summed E-state index contributed by atoms with van der Waals surface area (Å²) in [4.78, 5) is 22.6. The van der Waals surface area contributed by atoms with Crippen molar-refractivity contribution in [1.29, 1.82) is 0 Å². The zero-order chi connectivity index (χ0) is 21.9. The van der Waals surface area contributed by atoms with Crippen LogP contribution in [-0.4, -0.2) is 33.6 Å². The van der Waals surface area contributed by atoms with E-state index in [0.717, 1.165) is 28.9 Å². The highest BCUT2D eigenvalue weighted by atomic mass is 19.4. The number of aromatic nitrogens is 2. The Balaban J connectivity index is 2.25. The van der Waals surface area contributed by atoms with Crippen LogP contribution in [-0.2, 0) is 11.0 Å². The van der Waals surface area contributed by atoms with Gasteiger partial charge in [0.1, 0.15) is 18.4 Å². The van der Waals surface area contributed by atoms with Crippen LogP contribution in [0.15, 0.2) is 24.3 Å². The highest BCUT2D eigenvalue weighted by Crippen LogP contribution is 2.30. The van der Waals surface area contributed by atoms with E-state index in [0.29, 0.717) is 0 Å². The number of nitro groups is 1. The largest absolute Gasteiger partial charge is 0.487 e. The molecule has 0 saturated carbocycles. The summed E-state index contributed by atoms with van der Waals surface area (Å²) in [6.45, 7) is 1.59. The van der Waals surface area contributed by atoms with Crippen LogP contribution < -0.4 is 10.1 Å². The lowest BCUT2D eigenvalue weighted by Gasteiger charge is -2.15. The summed E-state index contributed by atoms with van der Waals surface area (Å²) in [6.07, 6.45) is -7.51. The Morgan fingerprint density at radius 3 is 2.48 bits per heavy atom. The SMILES string of the molecule is Cc1cc(C(F)(F)F)nn1C(C)C(=O)Nc1cc(OCC(F)F)cc([N+](=O)[O-])c1. The van der Waals surface area contributed by atoms with E-state index in [2.05, 4.69) is 10.4 Å². The van der Waals surface area contributed by atoms with Gasteiger partial charge >= 0.3 is 6.18 Å². The van der Waals surface area contributed by atoms with Gasteiger partial charge in [-0.2, -0.15) is 18.3 Å². The molecule has 1 heterocycles. The van der Waals surface area contributed by atoms with Crippen molar-refractivity contribution in [1.82, 2.24) is 9.78 Å². The number of anilines is 1. The molecule has 2 aromatic rings. The number of carbonyl (C=O) groups is 1. The zero-order valence-corrected chi connectivity index (χ0v) is 15.0. The summed E-state index contributed by atoms with van der Waals surface area (Å²) in [5.41, 5.74) is -1.79. The van der Waals surface area contributed by atoms with E-state index >= 15 is 0 Å². The third-order valence-corrected chi connectivity index (χ3v) is 3.70. The molecule has 29 heavy (non-hydrogen) atoms. The van der Waals surface area contributed by atoms with E-state index < -0.39 is 47.5 Å². The van der Waals surface area contributed by atoms with Crippen molar-refractivity contribution in [2.45, 2.75) is 32.5 Å². The lowest BCUT2D eigenvalue weighted by Crippen LogP contribution is -2.25. The van der Waals surface area contributed by atoms with E-state index in [1.807, 2.05) is 0 Å². The molecule has 0 aliphatic rings. The van der Waals surface area contributed by atoms with Crippen LogP contribution in [0.5, 0.6) is 5.75 Å². The van der Waals surface area contributed by atoms with Gasteiger partial charge in [-0.3, -0.25) is 19.6 Å². The molecule has 0 aliphatic carbocycles. The van der Waals surface area contributed by atoms with Crippen molar-refractivity contribution in [2.75, 3.05) is 11.9 Å². The molecular formula is C16H15F5N4O4. The zero-order valence-electron chi connectivity index (χ0n) is 15.0. The predicted octanol–water partition coefficient (Wildman–Crippen LogP) is 3.96. The second-order valence-corrected chi connectivity index (χ2v) is 5.95. The fourth-order valence-corrected chi connectivity index (χ4v) is 2.38. The second-order valence-electron chi connectivity index (χ2n) is 5.95. The average Bonchev–Trinajstić information content (AvgIpc) is 3.01. The van der Waals surface area contributed by atoms with Gasteiger partial charge in [0.15, 0.2) is 5.69 Å². The maximum Gasteiger partial charge on any atom is 0.435 e. The van der Waals surface area contributed by atoms with E-state index in [1.54, 1.807) is 0 Å². The number of rotatable bonds is 7. The number of hydrogen-bond donors (Lipinski definition) is 1. The smallest absolute Gasteiger partial charge is 0.435 e. The molecule has 0 spiro atoms. The molecule has 0 bridgehead atoms. The first-order chi connectivity index (χ1) is 13.4. The van der Waals surface area contributed by atoms with Gasteiger partial charge in [-0.1, -0.05) is 0 Å². The Morgan fingerprint density at radius 2 is 1.97 bits per heavy atom. The molecule has 0 radical (unpaired) electrons. The van der Waals surface area contributed by atoms with E-state index in [4.69, 9.17) is 4.74 Å². The summed E-state index contributed by atoms with van der Waals surface area (Å²) < 4.78 is 68.5. The van der Waals surface area contributed by atoms with Crippen LogP contribution in [0.4, 0.5) is 33.3 Å². The number of nitro benzene ring substituents is 1. The topological polar surface area (TPSA) is 99.3 Å². The van der Waals surface area contributed by atoms with E-state index in [-0.39, 0.29) is 17.1 Å². The van der Waals surface area contributed by atoms with Crippen molar-refractivity contribution < 1.29 is 36.4 Å². The predicted molar refractivity (Wildman–Crippen MR) is 89.9 cm³/mol. The third-order valence-electron chi connectivity index (χ3n) is 3.70. The van der Waals surface area contributed by atoms with Gasteiger partial charge in [-0.25, -0.2) is 8.78 Å². The number of benzene rings is 1.